The van der Waals surface area contributed by atoms with Crippen molar-refractivity contribution in [3.63, 3.8) is 0 Å². The third-order valence-electron chi connectivity index (χ3n) is 2.13. The van der Waals surface area contributed by atoms with Gasteiger partial charge in [0.05, 0.1) is 9.83 Å². The molecular formula is C9H13BrN2OS. The van der Waals surface area contributed by atoms with E-state index in [0.717, 1.165) is 10.3 Å². The van der Waals surface area contributed by atoms with Gasteiger partial charge in [0.2, 0.25) is 5.91 Å². The molecule has 0 fully saturated rings. The summed E-state index contributed by atoms with van der Waals surface area (Å²) in [5, 5.41) is 2.06. The number of rotatable bonds is 4. The fourth-order valence-corrected chi connectivity index (χ4v) is 2.27. The zero-order chi connectivity index (χ0) is 10.7. The molecule has 0 aliphatic rings. The Kier molecular flexibility index (Phi) is 4.10. The maximum atomic E-state index is 10.9. The molecule has 78 valence electrons. The zero-order valence-corrected chi connectivity index (χ0v) is 10.6. The van der Waals surface area contributed by atoms with Crippen molar-refractivity contribution in [2.45, 2.75) is 19.5 Å². The number of nitrogens with zero attached hydrogens (tertiary/aromatic N) is 1. The van der Waals surface area contributed by atoms with Crippen LogP contribution in [0.2, 0.25) is 0 Å². The van der Waals surface area contributed by atoms with Gasteiger partial charge in [0.1, 0.15) is 0 Å². The third kappa shape index (κ3) is 3.08. The fourth-order valence-electron chi connectivity index (χ4n) is 1.07. The Morgan fingerprint density at radius 3 is 2.86 bits per heavy atom. The van der Waals surface area contributed by atoms with E-state index in [1.165, 1.54) is 5.56 Å². The lowest BCUT2D eigenvalue weighted by molar-refractivity contribution is -0.122. The van der Waals surface area contributed by atoms with E-state index in [4.69, 9.17) is 5.73 Å². The van der Waals surface area contributed by atoms with E-state index >= 15 is 0 Å². The summed E-state index contributed by atoms with van der Waals surface area (Å²) in [7, 11) is 1.89. The lowest BCUT2D eigenvalue weighted by Gasteiger charge is -2.20. The predicted molar refractivity (Wildman–Crippen MR) is 62.1 cm³/mol. The van der Waals surface area contributed by atoms with E-state index in [9.17, 15) is 4.79 Å². The average Bonchev–Trinajstić information content (AvgIpc) is 2.49. The van der Waals surface area contributed by atoms with Gasteiger partial charge in [0.15, 0.2) is 0 Å². The van der Waals surface area contributed by atoms with Crippen LogP contribution in [0.3, 0.4) is 0 Å². The molecule has 14 heavy (non-hydrogen) atoms. The largest absolute Gasteiger partial charge is 0.368 e. The molecule has 0 aromatic carbocycles. The summed E-state index contributed by atoms with van der Waals surface area (Å²) >= 11 is 5.04. The average molecular weight is 277 g/mol. The molecule has 5 heteroatoms. The van der Waals surface area contributed by atoms with Gasteiger partial charge in [-0.05, 0) is 46.9 Å². The second-order valence-electron chi connectivity index (χ2n) is 3.25. The lowest BCUT2D eigenvalue weighted by Crippen LogP contribution is -2.39. The number of hydrogen-bond donors (Lipinski definition) is 1. The van der Waals surface area contributed by atoms with Crippen LogP contribution >= 0.6 is 27.3 Å². The standard InChI is InChI=1S/C9H13BrN2OS/c1-6(9(11)13)12(2)4-7-3-8(10)14-5-7/h3,5-6H,4H2,1-2H3,(H2,11,13). The van der Waals surface area contributed by atoms with Gasteiger partial charge in [-0.25, -0.2) is 0 Å². The van der Waals surface area contributed by atoms with Gasteiger partial charge in [-0.1, -0.05) is 0 Å². The van der Waals surface area contributed by atoms with Crippen molar-refractivity contribution in [3.05, 3.63) is 20.8 Å². The van der Waals surface area contributed by atoms with Crippen LogP contribution in [-0.4, -0.2) is 23.9 Å². The number of halogens is 1. The first-order chi connectivity index (χ1) is 6.50. The van der Waals surface area contributed by atoms with Crippen LogP contribution in [-0.2, 0) is 11.3 Å². The molecule has 0 aliphatic carbocycles. The highest BCUT2D eigenvalue weighted by molar-refractivity contribution is 9.11. The highest BCUT2D eigenvalue weighted by Crippen LogP contribution is 2.21. The van der Waals surface area contributed by atoms with E-state index < -0.39 is 0 Å². The summed E-state index contributed by atoms with van der Waals surface area (Å²) in [6.45, 7) is 2.55. The minimum Gasteiger partial charge on any atom is -0.368 e. The van der Waals surface area contributed by atoms with Gasteiger partial charge < -0.3 is 5.73 Å². The number of hydrogen-bond acceptors (Lipinski definition) is 3. The van der Waals surface area contributed by atoms with E-state index in [-0.39, 0.29) is 11.9 Å². The molecule has 3 nitrogen and oxygen atoms in total. The number of nitrogens with two attached hydrogens (primary N) is 1. The van der Waals surface area contributed by atoms with Gasteiger partial charge >= 0.3 is 0 Å². The van der Waals surface area contributed by atoms with Crippen molar-refractivity contribution in [3.8, 4) is 0 Å². The Balaban J connectivity index is 2.56. The number of amides is 1. The van der Waals surface area contributed by atoms with Crippen LogP contribution in [0.1, 0.15) is 12.5 Å². The van der Waals surface area contributed by atoms with Crippen LogP contribution in [0.5, 0.6) is 0 Å². The zero-order valence-electron chi connectivity index (χ0n) is 8.16. The van der Waals surface area contributed by atoms with Crippen LogP contribution in [0.4, 0.5) is 0 Å². The monoisotopic (exact) mass is 276 g/mol. The molecule has 0 bridgehead atoms. The van der Waals surface area contributed by atoms with Gasteiger partial charge in [-0.2, -0.15) is 0 Å². The van der Waals surface area contributed by atoms with Crippen molar-refractivity contribution >= 4 is 33.2 Å². The van der Waals surface area contributed by atoms with Crippen molar-refractivity contribution in [1.82, 2.24) is 4.90 Å². The van der Waals surface area contributed by atoms with Gasteiger partial charge in [0, 0.05) is 6.54 Å². The highest BCUT2D eigenvalue weighted by Gasteiger charge is 2.14. The number of carbonyl (C=O) groups is 1. The van der Waals surface area contributed by atoms with Crippen molar-refractivity contribution < 1.29 is 4.79 Å². The summed E-state index contributed by atoms with van der Waals surface area (Å²) in [5.74, 6) is -0.290. The second kappa shape index (κ2) is 4.91. The van der Waals surface area contributed by atoms with Crippen molar-refractivity contribution in [2.75, 3.05) is 7.05 Å². The van der Waals surface area contributed by atoms with E-state index in [0.29, 0.717) is 0 Å². The maximum Gasteiger partial charge on any atom is 0.234 e. The number of thiophene rings is 1. The van der Waals surface area contributed by atoms with Crippen molar-refractivity contribution in [1.29, 1.82) is 0 Å². The third-order valence-corrected chi connectivity index (χ3v) is 3.68. The molecule has 0 saturated heterocycles. The van der Waals surface area contributed by atoms with Gasteiger partial charge in [0.25, 0.3) is 0 Å². The Labute approximate surface area is 96.0 Å². The summed E-state index contributed by atoms with van der Waals surface area (Å²) in [6, 6.07) is 1.82. The number of primary amides is 1. The molecule has 1 aromatic rings. The van der Waals surface area contributed by atoms with Crippen molar-refractivity contribution in [2.24, 2.45) is 5.73 Å². The Morgan fingerprint density at radius 2 is 2.43 bits per heavy atom. The second-order valence-corrected chi connectivity index (χ2v) is 5.54. The molecule has 1 heterocycles. The molecule has 0 saturated carbocycles. The summed E-state index contributed by atoms with van der Waals surface area (Å²) < 4.78 is 1.10. The summed E-state index contributed by atoms with van der Waals surface area (Å²) in [5.41, 5.74) is 6.40. The first-order valence-corrected chi connectivity index (χ1v) is 5.90. The first kappa shape index (κ1) is 11.7. The SMILES string of the molecule is CC(C(N)=O)N(C)Cc1csc(Br)c1. The highest BCUT2D eigenvalue weighted by atomic mass is 79.9. The molecule has 1 rings (SSSR count). The summed E-state index contributed by atoms with van der Waals surface area (Å²) in [6.07, 6.45) is 0. The Bertz CT molecular complexity index is 326. The Morgan fingerprint density at radius 1 is 1.79 bits per heavy atom. The smallest absolute Gasteiger partial charge is 0.234 e. The molecule has 1 aromatic heterocycles. The normalized spacial score (nSPS) is 13.1. The topological polar surface area (TPSA) is 46.3 Å². The van der Waals surface area contributed by atoms with Gasteiger partial charge in [-0.15, -0.1) is 11.3 Å². The van der Waals surface area contributed by atoms with Gasteiger partial charge in [-0.3, -0.25) is 9.69 Å². The molecule has 1 amide bonds. The first-order valence-electron chi connectivity index (χ1n) is 4.23. The van der Waals surface area contributed by atoms with Crippen LogP contribution < -0.4 is 5.73 Å². The predicted octanol–water partition coefficient (Wildman–Crippen LogP) is 1.82. The van der Waals surface area contributed by atoms with E-state index in [2.05, 4.69) is 27.4 Å². The van der Waals surface area contributed by atoms with E-state index in [1.54, 1.807) is 11.3 Å². The number of carbonyl (C=O) groups excluding carboxylic acids is 1. The maximum absolute atomic E-state index is 10.9. The molecule has 0 aliphatic heterocycles. The van der Waals surface area contributed by atoms with Crippen LogP contribution in [0.25, 0.3) is 0 Å². The van der Waals surface area contributed by atoms with Crippen LogP contribution in [0.15, 0.2) is 15.2 Å². The minimum atomic E-state index is -0.290. The lowest BCUT2D eigenvalue weighted by atomic mass is 10.2. The number of likely N-dealkylation sites (N-methyl/N-ethyl adjacent to an activating group) is 1. The quantitative estimate of drug-likeness (QED) is 0.912. The van der Waals surface area contributed by atoms with E-state index in [1.807, 2.05) is 18.9 Å². The molecular weight excluding hydrogens is 264 g/mol. The fraction of sp³-hybridized carbons (Fsp3) is 0.444. The Hall–Kier alpha value is -0.390. The molecule has 1 unspecified atom stereocenters. The molecule has 0 radical (unpaired) electrons. The molecule has 2 N–H and O–H groups in total. The molecule has 0 spiro atoms. The van der Waals surface area contributed by atoms with Crippen LogP contribution in [0, 0.1) is 0 Å². The summed E-state index contributed by atoms with van der Waals surface area (Å²) in [4.78, 5) is 12.8. The minimum absolute atomic E-state index is 0.228. The molecule has 1 atom stereocenters.